The second-order valence-electron chi connectivity index (χ2n) is 2.22. The van der Waals surface area contributed by atoms with Crippen LogP contribution < -0.4 is 21.7 Å². The normalized spacial score (nSPS) is 12.6. The molecule has 0 saturated carbocycles. The second-order valence-corrected chi connectivity index (χ2v) is 2.22. The van der Waals surface area contributed by atoms with Crippen LogP contribution in [-0.4, -0.2) is 24.0 Å². The Labute approximate surface area is 89.0 Å². The fourth-order valence-electron chi connectivity index (χ4n) is 0. The first-order chi connectivity index (χ1) is 5.29. The molecule has 0 aliphatic heterocycles. The van der Waals surface area contributed by atoms with Gasteiger partial charge in [-0.1, -0.05) is 0 Å². The van der Waals surface area contributed by atoms with Crippen LogP contribution in [0.1, 0.15) is 13.8 Å². The van der Waals surface area contributed by atoms with Crippen molar-refractivity contribution in [3.05, 3.63) is 0 Å². The van der Waals surface area contributed by atoms with Gasteiger partial charge in [0.05, 0.1) is 11.9 Å². The zero-order valence-corrected chi connectivity index (χ0v) is 10.6. The van der Waals surface area contributed by atoms with Crippen LogP contribution in [0.4, 0.5) is 0 Å². The Morgan fingerprint density at radius 2 is 1.08 bits per heavy atom. The maximum absolute atomic E-state index is 9.46. The van der Waals surface area contributed by atoms with Gasteiger partial charge in [-0.15, -0.1) is 0 Å². The molecule has 0 bridgehead atoms. The van der Waals surface area contributed by atoms with Crippen molar-refractivity contribution in [2.45, 2.75) is 25.9 Å². The number of carbonyl (C=O) groups excluding carboxylic acids is 2. The SMILES string of the molecule is C[C@H](N)C(=O)[O-].C[C@H](N)C(=O)[O-].[Zn+2]. The minimum atomic E-state index is -1.21. The minimum absolute atomic E-state index is 0. The maximum atomic E-state index is 9.46. The first-order valence-electron chi connectivity index (χ1n) is 3.22. The smallest absolute Gasteiger partial charge is 0.548 e. The Hall–Kier alpha value is -0.517. The summed E-state index contributed by atoms with van der Waals surface area (Å²) in [5.74, 6) is -2.43. The summed E-state index contributed by atoms with van der Waals surface area (Å²) in [6, 6.07) is -1.69. The number of carboxylic acid groups (broad SMARTS) is 2. The quantitative estimate of drug-likeness (QED) is 0.476. The van der Waals surface area contributed by atoms with Gasteiger partial charge in [-0.05, 0) is 13.8 Å². The molecule has 0 spiro atoms. The van der Waals surface area contributed by atoms with Crippen LogP contribution in [0.2, 0.25) is 0 Å². The Kier molecular flexibility index (Phi) is 13.5. The summed E-state index contributed by atoms with van der Waals surface area (Å²) >= 11 is 0. The number of carboxylic acids is 2. The fraction of sp³-hybridized carbons (Fsp3) is 0.667. The summed E-state index contributed by atoms with van der Waals surface area (Å²) < 4.78 is 0. The van der Waals surface area contributed by atoms with E-state index in [-0.39, 0.29) is 19.5 Å². The largest absolute Gasteiger partial charge is 2.00 e. The van der Waals surface area contributed by atoms with Crippen molar-refractivity contribution in [3.8, 4) is 0 Å². The molecule has 2 atom stereocenters. The number of hydrogen-bond donors (Lipinski definition) is 2. The van der Waals surface area contributed by atoms with Crippen LogP contribution in [0.25, 0.3) is 0 Å². The number of carbonyl (C=O) groups is 2. The van der Waals surface area contributed by atoms with Gasteiger partial charge in [-0.25, -0.2) is 0 Å². The van der Waals surface area contributed by atoms with E-state index in [9.17, 15) is 19.8 Å². The predicted molar refractivity (Wildman–Crippen MR) is 37.3 cm³/mol. The van der Waals surface area contributed by atoms with Gasteiger partial charge in [0.15, 0.2) is 0 Å². The summed E-state index contributed by atoms with van der Waals surface area (Å²) in [4.78, 5) is 18.9. The molecule has 0 saturated heterocycles. The summed E-state index contributed by atoms with van der Waals surface area (Å²) in [6.45, 7) is 2.71. The van der Waals surface area contributed by atoms with Crippen molar-refractivity contribution in [1.82, 2.24) is 0 Å². The van der Waals surface area contributed by atoms with E-state index in [4.69, 9.17) is 11.5 Å². The molecule has 6 nitrogen and oxygen atoms in total. The van der Waals surface area contributed by atoms with E-state index in [2.05, 4.69) is 0 Å². The Morgan fingerprint density at radius 1 is 1.00 bits per heavy atom. The Bertz CT molecular complexity index is 143. The van der Waals surface area contributed by atoms with Gasteiger partial charge >= 0.3 is 19.5 Å². The molecule has 4 N–H and O–H groups in total. The van der Waals surface area contributed by atoms with Crippen molar-refractivity contribution in [3.63, 3.8) is 0 Å². The van der Waals surface area contributed by atoms with E-state index in [0.717, 1.165) is 0 Å². The summed E-state index contributed by atoms with van der Waals surface area (Å²) in [5, 5.41) is 18.9. The monoisotopic (exact) mass is 240 g/mol. The van der Waals surface area contributed by atoms with Gasteiger partial charge in [-0.3, -0.25) is 0 Å². The average molecular weight is 242 g/mol. The number of hydrogen-bond acceptors (Lipinski definition) is 6. The van der Waals surface area contributed by atoms with Crippen LogP contribution >= 0.6 is 0 Å². The topological polar surface area (TPSA) is 132 Å². The molecule has 0 heterocycles. The van der Waals surface area contributed by atoms with Crippen molar-refractivity contribution < 1.29 is 39.3 Å². The molecule has 0 aromatic carbocycles. The van der Waals surface area contributed by atoms with E-state index in [1.54, 1.807) is 0 Å². The zero-order valence-electron chi connectivity index (χ0n) is 7.65. The number of rotatable bonds is 2. The Morgan fingerprint density at radius 3 is 1.08 bits per heavy atom. The molecule has 0 fully saturated rings. The summed E-state index contributed by atoms with van der Waals surface area (Å²) in [7, 11) is 0. The van der Waals surface area contributed by atoms with E-state index in [0.29, 0.717) is 0 Å². The van der Waals surface area contributed by atoms with Crippen molar-refractivity contribution in [2.75, 3.05) is 0 Å². The molecule has 0 aliphatic carbocycles. The fourth-order valence-corrected chi connectivity index (χ4v) is 0. The second kappa shape index (κ2) is 9.57. The van der Waals surface area contributed by atoms with Crippen LogP contribution in [-0.2, 0) is 29.1 Å². The summed E-state index contributed by atoms with van der Waals surface area (Å²) in [5.41, 5.74) is 9.55. The minimum Gasteiger partial charge on any atom is -0.548 e. The molecular formula is C6H12N2O4Zn. The van der Waals surface area contributed by atoms with Crippen LogP contribution in [0.15, 0.2) is 0 Å². The van der Waals surface area contributed by atoms with Crippen LogP contribution in [0, 0.1) is 0 Å². The molecule has 7 heteroatoms. The molecule has 72 valence electrons. The third kappa shape index (κ3) is 18.4. The number of nitrogens with two attached hydrogens (primary N) is 2. The third-order valence-electron chi connectivity index (χ3n) is 0.744. The zero-order chi connectivity index (χ0) is 10.3. The molecule has 0 radical (unpaired) electrons. The van der Waals surface area contributed by atoms with Gasteiger partial charge < -0.3 is 31.3 Å². The van der Waals surface area contributed by atoms with Crippen LogP contribution in [0.3, 0.4) is 0 Å². The molecular weight excluding hydrogens is 229 g/mol. The first kappa shape index (κ1) is 18.3. The van der Waals surface area contributed by atoms with E-state index >= 15 is 0 Å². The van der Waals surface area contributed by atoms with E-state index in [1.165, 1.54) is 13.8 Å². The van der Waals surface area contributed by atoms with Gasteiger partial charge in [0.2, 0.25) is 0 Å². The van der Waals surface area contributed by atoms with Crippen LogP contribution in [0.5, 0.6) is 0 Å². The van der Waals surface area contributed by atoms with Gasteiger partial charge in [0.25, 0.3) is 0 Å². The number of aliphatic carboxylic acids is 2. The average Bonchev–Trinajstić information content (AvgIpc) is 1.88. The van der Waals surface area contributed by atoms with E-state index in [1.807, 2.05) is 0 Å². The van der Waals surface area contributed by atoms with Gasteiger partial charge in [0.1, 0.15) is 0 Å². The van der Waals surface area contributed by atoms with Gasteiger partial charge in [-0.2, -0.15) is 0 Å². The first-order valence-corrected chi connectivity index (χ1v) is 3.22. The Balaban J connectivity index is -0.000000143. The molecule has 0 unspecified atom stereocenters. The van der Waals surface area contributed by atoms with Crippen molar-refractivity contribution in [2.24, 2.45) is 11.5 Å². The van der Waals surface area contributed by atoms with E-state index < -0.39 is 24.0 Å². The van der Waals surface area contributed by atoms with Crippen molar-refractivity contribution >= 4 is 11.9 Å². The molecule has 0 aliphatic rings. The third-order valence-corrected chi connectivity index (χ3v) is 0.744. The van der Waals surface area contributed by atoms with Crippen molar-refractivity contribution in [1.29, 1.82) is 0 Å². The predicted octanol–water partition coefficient (Wildman–Crippen LogP) is -3.84. The molecule has 0 aromatic heterocycles. The summed E-state index contributed by atoms with van der Waals surface area (Å²) in [6.07, 6.45) is 0. The standard InChI is InChI=1S/2C3H7NO2.Zn/c2*1-2(4)3(5)6;/h2*2H,4H2,1H3,(H,5,6);/q;;+2/p-2/t2*2-;/m00./s1. The molecule has 13 heavy (non-hydrogen) atoms. The maximum Gasteiger partial charge on any atom is 2.00 e. The van der Waals surface area contributed by atoms with Gasteiger partial charge in [0, 0.05) is 12.1 Å². The molecule has 0 rings (SSSR count). The molecule has 0 amide bonds. The molecule has 0 aromatic rings.